The van der Waals surface area contributed by atoms with Gasteiger partial charge in [-0.15, -0.1) is 0 Å². The fourth-order valence-electron chi connectivity index (χ4n) is 3.75. The minimum atomic E-state index is 0.284. The molecule has 0 radical (unpaired) electrons. The van der Waals surface area contributed by atoms with E-state index in [1.165, 1.54) is 12.0 Å². The molecule has 0 aliphatic carbocycles. The summed E-state index contributed by atoms with van der Waals surface area (Å²) in [5.41, 5.74) is 4.29. The number of pyridine rings is 1. The van der Waals surface area contributed by atoms with Crippen LogP contribution in [-0.4, -0.2) is 28.9 Å². The van der Waals surface area contributed by atoms with E-state index in [9.17, 15) is 4.79 Å². The molecule has 3 nitrogen and oxygen atoms in total. The zero-order valence-electron chi connectivity index (χ0n) is 15.0. The Bertz CT molecular complexity index is 898. The van der Waals surface area contributed by atoms with Crippen LogP contribution in [0.4, 0.5) is 0 Å². The van der Waals surface area contributed by atoms with E-state index in [4.69, 9.17) is 4.98 Å². The van der Waals surface area contributed by atoms with Gasteiger partial charge >= 0.3 is 0 Å². The van der Waals surface area contributed by atoms with Crippen LogP contribution in [0, 0.1) is 0 Å². The first-order valence-corrected chi connectivity index (χ1v) is 9.53. The molecule has 3 aromatic rings. The molecule has 0 unspecified atom stereocenters. The lowest BCUT2D eigenvalue weighted by molar-refractivity contribution is -0.132. The number of para-hydroxylation sites is 1. The van der Waals surface area contributed by atoms with Crippen LogP contribution in [0.25, 0.3) is 22.2 Å². The highest BCUT2D eigenvalue weighted by Gasteiger charge is 2.17. The molecule has 1 aliphatic rings. The number of hydrogen-bond donors (Lipinski definition) is 0. The smallest absolute Gasteiger partial charge is 0.222 e. The van der Waals surface area contributed by atoms with Crippen molar-refractivity contribution in [1.29, 1.82) is 0 Å². The lowest BCUT2D eigenvalue weighted by Crippen LogP contribution is -2.35. The van der Waals surface area contributed by atoms with Gasteiger partial charge in [0.1, 0.15) is 0 Å². The number of aryl methyl sites for hydroxylation is 1. The minimum Gasteiger partial charge on any atom is -0.343 e. The van der Waals surface area contributed by atoms with E-state index >= 15 is 0 Å². The van der Waals surface area contributed by atoms with E-state index in [2.05, 4.69) is 30.3 Å². The van der Waals surface area contributed by atoms with Crippen molar-refractivity contribution in [3.8, 4) is 11.3 Å². The van der Waals surface area contributed by atoms with Gasteiger partial charge in [0.25, 0.3) is 0 Å². The van der Waals surface area contributed by atoms with Gasteiger partial charge in [-0.3, -0.25) is 4.79 Å². The van der Waals surface area contributed by atoms with Crippen LogP contribution in [0.2, 0.25) is 0 Å². The molecule has 0 bridgehead atoms. The summed E-state index contributed by atoms with van der Waals surface area (Å²) in [4.78, 5) is 19.4. The van der Waals surface area contributed by atoms with Crippen LogP contribution in [0.1, 0.15) is 31.2 Å². The Morgan fingerprint density at radius 1 is 0.923 bits per heavy atom. The summed E-state index contributed by atoms with van der Waals surface area (Å²) in [6, 6.07) is 20.6. The molecular formula is C23H24N2O. The Hall–Kier alpha value is -2.68. The van der Waals surface area contributed by atoms with Gasteiger partial charge in [-0.05, 0) is 43.4 Å². The summed E-state index contributed by atoms with van der Waals surface area (Å²) in [6.45, 7) is 1.84. The predicted molar refractivity (Wildman–Crippen MR) is 106 cm³/mol. The Balaban J connectivity index is 1.61. The quantitative estimate of drug-likeness (QED) is 0.678. The third kappa shape index (κ3) is 3.62. The zero-order valence-corrected chi connectivity index (χ0v) is 15.0. The number of likely N-dealkylation sites (tertiary alicyclic amines) is 1. The number of nitrogens with zero attached hydrogens (tertiary/aromatic N) is 2. The number of piperidine rings is 1. The maximum atomic E-state index is 12.6. The number of amides is 1. The van der Waals surface area contributed by atoms with E-state index in [1.807, 2.05) is 35.2 Å². The maximum Gasteiger partial charge on any atom is 0.222 e. The third-order valence-corrected chi connectivity index (χ3v) is 5.19. The number of rotatable bonds is 4. The summed E-state index contributed by atoms with van der Waals surface area (Å²) < 4.78 is 0. The first kappa shape index (κ1) is 16.8. The van der Waals surface area contributed by atoms with E-state index in [-0.39, 0.29) is 5.91 Å². The number of aromatic nitrogens is 1. The van der Waals surface area contributed by atoms with Gasteiger partial charge in [-0.25, -0.2) is 4.98 Å². The second kappa shape index (κ2) is 7.69. The molecular weight excluding hydrogens is 320 g/mol. The van der Waals surface area contributed by atoms with Crippen molar-refractivity contribution >= 4 is 16.8 Å². The summed E-state index contributed by atoms with van der Waals surface area (Å²) in [5.74, 6) is 0.284. The summed E-state index contributed by atoms with van der Waals surface area (Å²) >= 11 is 0. The topological polar surface area (TPSA) is 33.2 Å². The molecule has 0 atom stereocenters. The minimum absolute atomic E-state index is 0.284. The molecule has 2 aromatic carbocycles. The molecule has 0 N–H and O–H groups in total. The summed E-state index contributed by atoms with van der Waals surface area (Å²) in [6.07, 6.45) is 4.86. The van der Waals surface area contributed by atoms with E-state index < -0.39 is 0 Å². The monoisotopic (exact) mass is 344 g/mol. The normalized spacial score (nSPS) is 14.5. The van der Waals surface area contributed by atoms with Crippen molar-refractivity contribution in [3.05, 3.63) is 66.2 Å². The zero-order chi connectivity index (χ0) is 17.8. The van der Waals surface area contributed by atoms with Gasteiger partial charge in [-0.1, -0.05) is 48.5 Å². The molecule has 1 saturated heterocycles. The van der Waals surface area contributed by atoms with Gasteiger partial charge in [0.15, 0.2) is 0 Å². The highest BCUT2D eigenvalue weighted by atomic mass is 16.2. The second-order valence-electron chi connectivity index (χ2n) is 6.99. The van der Waals surface area contributed by atoms with Gasteiger partial charge in [-0.2, -0.15) is 0 Å². The third-order valence-electron chi connectivity index (χ3n) is 5.19. The predicted octanol–water partition coefficient (Wildman–Crippen LogP) is 4.85. The average molecular weight is 344 g/mol. The fraction of sp³-hybridized carbons (Fsp3) is 0.304. The Labute approximate surface area is 154 Å². The molecule has 4 rings (SSSR count). The second-order valence-corrected chi connectivity index (χ2v) is 6.99. The van der Waals surface area contributed by atoms with Crippen molar-refractivity contribution < 1.29 is 4.79 Å². The van der Waals surface area contributed by atoms with E-state index in [1.54, 1.807) is 0 Å². The Morgan fingerprint density at radius 2 is 1.65 bits per heavy atom. The largest absolute Gasteiger partial charge is 0.343 e. The summed E-state index contributed by atoms with van der Waals surface area (Å²) in [7, 11) is 0. The number of carbonyl (C=O) groups is 1. The van der Waals surface area contributed by atoms with Crippen molar-refractivity contribution in [3.63, 3.8) is 0 Å². The first-order chi connectivity index (χ1) is 12.8. The molecule has 26 heavy (non-hydrogen) atoms. The van der Waals surface area contributed by atoms with Crippen LogP contribution in [0.15, 0.2) is 60.7 Å². The van der Waals surface area contributed by atoms with Crippen molar-refractivity contribution in [2.24, 2.45) is 0 Å². The van der Waals surface area contributed by atoms with Crippen molar-refractivity contribution in [2.75, 3.05) is 13.1 Å². The molecule has 1 aliphatic heterocycles. The molecule has 1 aromatic heterocycles. The SMILES string of the molecule is O=C(CCc1cc(-c2ccccc2)nc2ccccc12)N1CCCCC1. The van der Waals surface area contributed by atoms with Crippen molar-refractivity contribution in [2.45, 2.75) is 32.1 Å². The van der Waals surface area contributed by atoms with Crippen LogP contribution < -0.4 is 0 Å². The van der Waals surface area contributed by atoms with Crippen LogP contribution in [0.5, 0.6) is 0 Å². The number of carbonyl (C=O) groups excluding carboxylic acids is 1. The molecule has 2 heterocycles. The first-order valence-electron chi connectivity index (χ1n) is 9.53. The summed E-state index contributed by atoms with van der Waals surface area (Å²) in [5, 5.41) is 1.15. The number of benzene rings is 2. The molecule has 132 valence electrons. The Morgan fingerprint density at radius 3 is 2.46 bits per heavy atom. The van der Waals surface area contributed by atoms with Crippen LogP contribution in [-0.2, 0) is 11.2 Å². The molecule has 0 spiro atoms. The maximum absolute atomic E-state index is 12.6. The van der Waals surface area contributed by atoms with Crippen LogP contribution >= 0.6 is 0 Å². The van der Waals surface area contributed by atoms with Crippen LogP contribution in [0.3, 0.4) is 0 Å². The Kier molecular flexibility index (Phi) is 4.96. The van der Waals surface area contributed by atoms with Gasteiger partial charge < -0.3 is 4.90 Å². The van der Waals surface area contributed by atoms with Gasteiger partial charge in [0.05, 0.1) is 11.2 Å². The number of hydrogen-bond acceptors (Lipinski definition) is 2. The lowest BCUT2D eigenvalue weighted by Gasteiger charge is -2.26. The van der Waals surface area contributed by atoms with Gasteiger partial charge in [0.2, 0.25) is 5.91 Å². The van der Waals surface area contributed by atoms with E-state index in [0.29, 0.717) is 6.42 Å². The fourth-order valence-corrected chi connectivity index (χ4v) is 3.75. The molecule has 1 amide bonds. The van der Waals surface area contributed by atoms with Gasteiger partial charge in [0, 0.05) is 30.5 Å². The lowest BCUT2D eigenvalue weighted by atomic mass is 10.00. The standard InChI is InChI=1S/C23H24N2O/c26-23(25-15-7-2-8-16-25)14-13-19-17-22(18-9-3-1-4-10-18)24-21-12-6-5-11-20(19)21/h1,3-6,9-12,17H,2,7-8,13-16H2. The highest BCUT2D eigenvalue weighted by Crippen LogP contribution is 2.26. The van der Waals surface area contributed by atoms with E-state index in [0.717, 1.165) is 54.5 Å². The molecule has 0 saturated carbocycles. The highest BCUT2D eigenvalue weighted by molar-refractivity contribution is 5.86. The molecule has 3 heteroatoms. The van der Waals surface area contributed by atoms with Crippen molar-refractivity contribution in [1.82, 2.24) is 9.88 Å². The molecule has 1 fully saturated rings. The number of fused-ring (bicyclic) bond motifs is 1. The average Bonchev–Trinajstić information content (AvgIpc) is 2.73.